The van der Waals surface area contributed by atoms with Crippen LogP contribution in [0, 0.1) is 18.3 Å². The van der Waals surface area contributed by atoms with Crippen molar-refractivity contribution in [2.24, 2.45) is 0 Å². The quantitative estimate of drug-likeness (QED) is 0.735. The zero-order valence-electron chi connectivity index (χ0n) is 11.8. The molecule has 0 atom stereocenters. The topological polar surface area (TPSA) is 54.1 Å². The number of halogens is 1. The molecule has 1 heterocycles. The van der Waals surface area contributed by atoms with E-state index in [-0.39, 0.29) is 0 Å². The zero-order valence-corrected chi connectivity index (χ0v) is 13.4. The number of ether oxygens (including phenoxy) is 1. The molecular weight excluding hydrogens is 308 g/mol. The van der Waals surface area contributed by atoms with Gasteiger partial charge in [0.1, 0.15) is 0 Å². The van der Waals surface area contributed by atoms with Gasteiger partial charge in [0.2, 0.25) is 0 Å². The van der Waals surface area contributed by atoms with Crippen molar-refractivity contribution in [1.29, 1.82) is 5.26 Å². The van der Waals surface area contributed by atoms with Crippen molar-refractivity contribution in [3.8, 4) is 6.07 Å². The first kappa shape index (κ1) is 16.2. The Morgan fingerprint density at radius 3 is 2.79 bits per heavy atom. The number of nitriles is 1. The fourth-order valence-electron chi connectivity index (χ4n) is 1.93. The Kier molecular flexibility index (Phi) is 7.06. The van der Waals surface area contributed by atoms with Crippen LogP contribution < -0.4 is 0 Å². The summed E-state index contributed by atoms with van der Waals surface area (Å²) in [5.74, 6) is 0. The monoisotopic (exact) mass is 328 g/mol. The second kappa shape index (κ2) is 8.31. The number of rotatable bonds is 8. The van der Waals surface area contributed by atoms with E-state index in [9.17, 15) is 0 Å². The lowest BCUT2D eigenvalue weighted by Gasteiger charge is -2.21. The molecule has 106 valence electrons. The van der Waals surface area contributed by atoms with Crippen LogP contribution in [0.15, 0.2) is 4.47 Å². The number of hydrogen-bond acceptors (Lipinski definition) is 4. The van der Waals surface area contributed by atoms with Crippen molar-refractivity contribution in [2.45, 2.75) is 33.4 Å². The molecular formula is C13H21BrN4O. The Hall–Kier alpha value is -0.900. The summed E-state index contributed by atoms with van der Waals surface area (Å²) in [5.41, 5.74) is 2.16. The highest BCUT2D eigenvalue weighted by Crippen LogP contribution is 2.22. The SMILES string of the molecule is CCn1nc(C)c(Br)c1CN(CCC#N)CCOC. The van der Waals surface area contributed by atoms with Crippen molar-refractivity contribution in [3.63, 3.8) is 0 Å². The zero-order chi connectivity index (χ0) is 14.3. The molecule has 0 amide bonds. The molecule has 5 nitrogen and oxygen atoms in total. The normalized spacial score (nSPS) is 10.9. The van der Waals surface area contributed by atoms with Crippen molar-refractivity contribution < 1.29 is 4.74 Å². The van der Waals surface area contributed by atoms with E-state index in [1.807, 2.05) is 11.6 Å². The fraction of sp³-hybridized carbons (Fsp3) is 0.692. The summed E-state index contributed by atoms with van der Waals surface area (Å²) < 4.78 is 8.19. The minimum atomic E-state index is 0.528. The Bertz CT molecular complexity index is 439. The third kappa shape index (κ3) is 4.60. The second-order valence-electron chi connectivity index (χ2n) is 4.34. The van der Waals surface area contributed by atoms with E-state index in [2.05, 4.69) is 38.9 Å². The van der Waals surface area contributed by atoms with Gasteiger partial charge in [-0.25, -0.2) is 0 Å². The van der Waals surface area contributed by atoms with Crippen LogP contribution >= 0.6 is 15.9 Å². The summed E-state index contributed by atoms with van der Waals surface area (Å²) in [6, 6.07) is 2.19. The van der Waals surface area contributed by atoms with Crippen LogP contribution in [0.4, 0.5) is 0 Å². The number of aryl methyl sites for hydroxylation is 2. The molecule has 0 spiro atoms. The smallest absolute Gasteiger partial charge is 0.0739 e. The average molecular weight is 329 g/mol. The van der Waals surface area contributed by atoms with E-state index in [1.54, 1.807) is 7.11 Å². The molecule has 0 bridgehead atoms. The number of methoxy groups -OCH3 is 1. The first-order valence-corrected chi connectivity index (χ1v) is 7.23. The predicted molar refractivity (Wildman–Crippen MR) is 77.7 cm³/mol. The van der Waals surface area contributed by atoms with E-state index in [1.165, 1.54) is 0 Å². The Morgan fingerprint density at radius 2 is 2.21 bits per heavy atom. The van der Waals surface area contributed by atoms with Gasteiger partial charge in [0.25, 0.3) is 0 Å². The third-order valence-corrected chi connectivity index (χ3v) is 4.01. The maximum atomic E-state index is 8.73. The maximum absolute atomic E-state index is 8.73. The van der Waals surface area contributed by atoms with Gasteiger partial charge in [-0.3, -0.25) is 9.58 Å². The lowest BCUT2D eigenvalue weighted by Crippen LogP contribution is -2.29. The lowest BCUT2D eigenvalue weighted by atomic mass is 10.3. The van der Waals surface area contributed by atoms with Gasteiger partial charge in [0.15, 0.2) is 0 Å². The molecule has 0 aromatic carbocycles. The molecule has 0 aliphatic heterocycles. The lowest BCUT2D eigenvalue weighted by molar-refractivity contribution is 0.143. The van der Waals surface area contributed by atoms with E-state index < -0.39 is 0 Å². The van der Waals surface area contributed by atoms with Crippen LogP contribution in [0.2, 0.25) is 0 Å². The second-order valence-corrected chi connectivity index (χ2v) is 5.13. The van der Waals surface area contributed by atoms with Crippen LogP contribution in [-0.4, -0.2) is 41.5 Å². The van der Waals surface area contributed by atoms with Gasteiger partial charge in [0, 0.05) is 39.7 Å². The Balaban J connectivity index is 2.79. The fourth-order valence-corrected chi connectivity index (χ4v) is 2.34. The van der Waals surface area contributed by atoms with E-state index >= 15 is 0 Å². The highest BCUT2D eigenvalue weighted by atomic mass is 79.9. The molecule has 1 rings (SSSR count). The van der Waals surface area contributed by atoms with Crippen molar-refractivity contribution in [1.82, 2.24) is 14.7 Å². The minimum Gasteiger partial charge on any atom is -0.383 e. The first-order chi connectivity index (χ1) is 9.13. The molecule has 1 aromatic heterocycles. The molecule has 0 fully saturated rings. The molecule has 1 aromatic rings. The van der Waals surface area contributed by atoms with Gasteiger partial charge in [-0.05, 0) is 29.8 Å². The maximum Gasteiger partial charge on any atom is 0.0739 e. The van der Waals surface area contributed by atoms with E-state index in [0.717, 1.165) is 42.0 Å². The van der Waals surface area contributed by atoms with Crippen LogP contribution in [0.5, 0.6) is 0 Å². The summed E-state index contributed by atoms with van der Waals surface area (Å²) in [7, 11) is 1.69. The van der Waals surface area contributed by atoms with E-state index in [4.69, 9.17) is 10.00 Å². The minimum absolute atomic E-state index is 0.528. The largest absolute Gasteiger partial charge is 0.383 e. The highest BCUT2D eigenvalue weighted by molar-refractivity contribution is 9.10. The number of aromatic nitrogens is 2. The summed E-state index contributed by atoms with van der Waals surface area (Å²) in [5, 5.41) is 13.2. The van der Waals surface area contributed by atoms with Gasteiger partial charge >= 0.3 is 0 Å². The molecule has 0 unspecified atom stereocenters. The van der Waals surface area contributed by atoms with E-state index in [0.29, 0.717) is 13.0 Å². The van der Waals surface area contributed by atoms with Gasteiger partial charge in [-0.1, -0.05) is 0 Å². The van der Waals surface area contributed by atoms with Crippen LogP contribution in [0.1, 0.15) is 24.7 Å². The summed E-state index contributed by atoms with van der Waals surface area (Å²) in [6.07, 6.45) is 0.528. The molecule has 0 aliphatic rings. The Labute approximate surface area is 123 Å². The summed E-state index contributed by atoms with van der Waals surface area (Å²) >= 11 is 3.60. The third-order valence-electron chi connectivity index (χ3n) is 2.98. The van der Waals surface area contributed by atoms with Crippen LogP contribution in [0.25, 0.3) is 0 Å². The molecule has 0 aliphatic carbocycles. The van der Waals surface area contributed by atoms with Gasteiger partial charge < -0.3 is 4.74 Å². The molecule has 0 saturated carbocycles. The molecule has 0 N–H and O–H groups in total. The van der Waals surface area contributed by atoms with Crippen molar-refractivity contribution >= 4 is 15.9 Å². The van der Waals surface area contributed by atoms with Gasteiger partial charge in [-0.15, -0.1) is 0 Å². The van der Waals surface area contributed by atoms with Gasteiger partial charge in [0.05, 0.1) is 28.5 Å². The van der Waals surface area contributed by atoms with Gasteiger partial charge in [-0.2, -0.15) is 10.4 Å². The molecule has 19 heavy (non-hydrogen) atoms. The number of hydrogen-bond donors (Lipinski definition) is 0. The summed E-state index contributed by atoms with van der Waals surface area (Å²) in [6.45, 7) is 7.94. The Morgan fingerprint density at radius 1 is 1.47 bits per heavy atom. The number of nitrogens with zero attached hydrogens (tertiary/aromatic N) is 4. The first-order valence-electron chi connectivity index (χ1n) is 6.44. The standard InChI is InChI=1S/C13H21BrN4O/c1-4-18-12(13(14)11(2)16-18)10-17(7-5-6-15)8-9-19-3/h4-5,7-10H2,1-3H3. The highest BCUT2D eigenvalue weighted by Gasteiger charge is 2.15. The van der Waals surface area contributed by atoms with Crippen LogP contribution in [-0.2, 0) is 17.8 Å². The van der Waals surface area contributed by atoms with Crippen molar-refractivity contribution in [3.05, 3.63) is 15.9 Å². The van der Waals surface area contributed by atoms with Crippen LogP contribution in [0.3, 0.4) is 0 Å². The predicted octanol–water partition coefficient (Wildman–Crippen LogP) is 2.34. The van der Waals surface area contributed by atoms with Crippen molar-refractivity contribution in [2.75, 3.05) is 26.8 Å². The molecule has 0 radical (unpaired) electrons. The molecule has 0 saturated heterocycles. The summed E-state index contributed by atoms with van der Waals surface area (Å²) in [4.78, 5) is 2.22. The average Bonchev–Trinajstić information content (AvgIpc) is 2.69. The molecule has 6 heteroatoms.